The second-order valence-corrected chi connectivity index (χ2v) is 9.38. The highest BCUT2D eigenvalue weighted by atomic mass is 19.4. The second-order valence-electron chi connectivity index (χ2n) is 9.38. The molecule has 0 atom stereocenters. The Labute approximate surface area is 191 Å². The van der Waals surface area contributed by atoms with Gasteiger partial charge in [-0.2, -0.15) is 0 Å². The van der Waals surface area contributed by atoms with Crippen LogP contribution in [0.2, 0.25) is 0 Å². The molecule has 0 saturated heterocycles. The minimum atomic E-state index is -4.65. The molecule has 0 unspecified atom stereocenters. The quantitative estimate of drug-likeness (QED) is 0.354. The summed E-state index contributed by atoms with van der Waals surface area (Å²) >= 11 is 0. The van der Waals surface area contributed by atoms with Gasteiger partial charge in [0.1, 0.15) is 5.75 Å². The van der Waals surface area contributed by atoms with E-state index in [0.29, 0.717) is 5.41 Å². The first kappa shape index (κ1) is 24.7. The molecular formula is C28H37F3O. The van der Waals surface area contributed by atoms with E-state index < -0.39 is 6.36 Å². The van der Waals surface area contributed by atoms with Gasteiger partial charge in [-0.15, -0.1) is 13.2 Å². The summed E-state index contributed by atoms with van der Waals surface area (Å²) < 4.78 is 40.9. The third-order valence-electron chi connectivity index (χ3n) is 7.19. The van der Waals surface area contributed by atoms with E-state index in [4.69, 9.17) is 0 Å². The van der Waals surface area contributed by atoms with Crippen LogP contribution in [0.1, 0.15) is 88.3 Å². The van der Waals surface area contributed by atoms with Crippen LogP contribution in [-0.4, -0.2) is 6.36 Å². The first-order chi connectivity index (χ1) is 15.4. The van der Waals surface area contributed by atoms with Gasteiger partial charge < -0.3 is 4.74 Å². The van der Waals surface area contributed by atoms with E-state index in [2.05, 4.69) is 42.8 Å². The summed E-state index contributed by atoms with van der Waals surface area (Å²) in [4.78, 5) is 0. The average Bonchev–Trinajstić information content (AvgIpc) is 2.78. The number of halogens is 3. The Hall–Kier alpha value is -1.97. The third kappa shape index (κ3) is 6.52. The Balaban J connectivity index is 1.67. The van der Waals surface area contributed by atoms with Crippen LogP contribution in [0, 0.1) is 5.92 Å². The summed E-state index contributed by atoms with van der Waals surface area (Å²) in [6, 6.07) is 15.5. The highest BCUT2D eigenvalue weighted by Crippen LogP contribution is 2.48. The fraction of sp³-hybridized carbons (Fsp3) is 0.571. The zero-order valence-electron chi connectivity index (χ0n) is 19.5. The van der Waals surface area contributed by atoms with Crippen molar-refractivity contribution in [3.8, 4) is 5.75 Å². The van der Waals surface area contributed by atoms with Crippen molar-refractivity contribution in [3.63, 3.8) is 0 Å². The van der Waals surface area contributed by atoms with Gasteiger partial charge in [0, 0.05) is 0 Å². The maximum Gasteiger partial charge on any atom is 0.573 e. The van der Waals surface area contributed by atoms with Gasteiger partial charge in [-0.1, -0.05) is 82.3 Å². The third-order valence-corrected chi connectivity index (χ3v) is 7.19. The Morgan fingerprint density at radius 1 is 0.781 bits per heavy atom. The topological polar surface area (TPSA) is 9.23 Å². The molecule has 0 bridgehead atoms. The van der Waals surface area contributed by atoms with Crippen molar-refractivity contribution in [2.45, 2.75) is 96.3 Å². The molecule has 32 heavy (non-hydrogen) atoms. The van der Waals surface area contributed by atoms with E-state index in [9.17, 15) is 13.2 Å². The van der Waals surface area contributed by atoms with Gasteiger partial charge in [-0.05, 0) is 78.7 Å². The van der Waals surface area contributed by atoms with Gasteiger partial charge in [0.15, 0.2) is 0 Å². The zero-order chi connectivity index (χ0) is 23.0. The van der Waals surface area contributed by atoms with Crippen molar-refractivity contribution < 1.29 is 17.9 Å². The fourth-order valence-corrected chi connectivity index (χ4v) is 5.66. The molecule has 1 saturated carbocycles. The predicted octanol–water partition coefficient (Wildman–Crippen LogP) is 8.79. The van der Waals surface area contributed by atoms with Crippen LogP contribution in [0.3, 0.4) is 0 Å². The molecule has 0 amide bonds. The van der Waals surface area contributed by atoms with Crippen LogP contribution in [0.15, 0.2) is 48.5 Å². The number of rotatable bonds is 10. The van der Waals surface area contributed by atoms with Gasteiger partial charge in [-0.3, -0.25) is 0 Å². The maximum atomic E-state index is 12.3. The lowest BCUT2D eigenvalue weighted by molar-refractivity contribution is -0.274. The zero-order valence-corrected chi connectivity index (χ0v) is 19.5. The van der Waals surface area contributed by atoms with Crippen molar-refractivity contribution in [1.29, 1.82) is 0 Å². The lowest BCUT2D eigenvalue weighted by Crippen LogP contribution is -2.37. The summed E-state index contributed by atoms with van der Waals surface area (Å²) in [5.41, 5.74) is 4.13. The SMILES string of the molecule is CCCC(CCC)C1(c2ccc(CCc3ccc(OC(F)(F)F)cc3)cc2)CCCCC1. The van der Waals surface area contributed by atoms with Crippen LogP contribution in [0.5, 0.6) is 5.75 Å². The molecular weight excluding hydrogens is 409 g/mol. The summed E-state index contributed by atoms with van der Waals surface area (Å²) in [5, 5.41) is 0. The van der Waals surface area contributed by atoms with E-state index in [1.165, 1.54) is 81.0 Å². The van der Waals surface area contributed by atoms with Crippen LogP contribution >= 0.6 is 0 Å². The van der Waals surface area contributed by atoms with E-state index in [0.717, 1.165) is 24.3 Å². The molecule has 1 fully saturated rings. The number of hydrogen-bond acceptors (Lipinski definition) is 1. The highest BCUT2D eigenvalue weighted by Gasteiger charge is 2.40. The lowest BCUT2D eigenvalue weighted by atomic mass is 9.60. The lowest BCUT2D eigenvalue weighted by Gasteiger charge is -2.45. The first-order valence-corrected chi connectivity index (χ1v) is 12.3. The number of alkyl halides is 3. The van der Waals surface area contributed by atoms with Crippen LogP contribution in [-0.2, 0) is 18.3 Å². The minimum Gasteiger partial charge on any atom is -0.406 e. The minimum absolute atomic E-state index is 0.169. The molecule has 1 nitrogen and oxygen atoms in total. The standard InChI is InChI=1S/C28H37F3O/c1-3-8-24(9-4-2)27(20-6-5-7-21-27)25-16-12-22(13-17-25)10-11-23-14-18-26(19-15-23)32-28(29,30)31/h12-19,24H,3-11,20-21H2,1-2H3. The molecule has 0 N–H and O–H groups in total. The summed E-state index contributed by atoms with van der Waals surface area (Å²) in [7, 11) is 0. The Morgan fingerprint density at radius 3 is 1.75 bits per heavy atom. The molecule has 3 rings (SSSR count). The molecule has 2 aromatic rings. The normalized spacial score (nSPS) is 16.3. The molecule has 0 aromatic heterocycles. The number of hydrogen-bond donors (Lipinski definition) is 0. The van der Waals surface area contributed by atoms with Gasteiger partial charge in [0.2, 0.25) is 0 Å². The number of ether oxygens (including phenoxy) is 1. The molecule has 1 aliphatic carbocycles. The molecule has 2 aromatic carbocycles. The van der Waals surface area contributed by atoms with Crippen LogP contribution in [0.25, 0.3) is 0 Å². The van der Waals surface area contributed by atoms with E-state index in [1.807, 2.05) is 0 Å². The van der Waals surface area contributed by atoms with Crippen molar-refractivity contribution in [1.82, 2.24) is 0 Å². The van der Waals surface area contributed by atoms with Crippen LogP contribution < -0.4 is 4.74 Å². The predicted molar refractivity (Wildman–Crippen MR) is 125 cm³/mol. The summed E-state index contributed by atoms with van der Waals surface area (Å²) in [6.07, 6.45) is 8.78. The largest absolute Gasteiger partial charge is 0.573 e. The van der Waals surface area contributed by atoms with Crippen LogP contribution in [0.4, 0.5) is 13.2 Å². The number of benzene rings is 2. The van der Waals surface area contributed by atoms with Crippen molar-refractivity contribution in [3.05, 3.63) is 65.2 Å². The van der Waals surface area contributed by atoms with Crippen molar-refractivity contribution in [2.75, 3.05) is 0 Å². The van der Waals surface area contributed by atoms with E-state index in [1.54, 1.807) is 12.1 Å². The smallest absolute Gasteiger partial charge is 0.406 e. The highest BCUT2D eigenvalue weighted by molar-refractivity contribution is 5.32. The second kappa shape index (κ2) is 11.2. The molecule has 0 aliphatic heterocycles. The Bertz CT molecular complexity index is 796. The van der Waals surface area contributed by atoms with E-state index in [-0.39, 0.29) is 5.75 Å². The van der Waals surface area contributed by atoms with E-state index >= 15 is 0 Å². The summed E-state index contributed by atoms with van der Waals surface area (Å²) in [5.74, 6) is 0.596. The Morgan fingerprint density at radius 2 is 1.28 bits per heavy atom. The Kier molecular flexibility index (Phi) is 8.67. The molecule has 4 heteroatoms. The monoisotopic (exact) mass is 446 g/mol. The average molecular weight is 447 g/mol. The molecule has 0 radical (unpaired) electrons. The maximum absolute atomic E-state index is 12.3. The first-order valence-electron chi connectivity index (χ1n) is 12.3. The molecule has 176 valence electrons. The fourth-order valence-electron chi connectivity index (χ4n) is 5.66. The molecule has 0 spiro atoms. The molecule has 1 aliphatic rings. The van der Waals surface area contributed by atoms with Gasteiger partial charge in [0.25, 0.3) is 0 Å². The number of aryl methyl sites for hydroxylation is 2. The molecule has 0 heterocycles. The van der Waals surface area contributed by atoms with Crippen molar-refractivity contribution in [2.24, 2.45) is 5.92 Å². The summed E-state index contributed by atoms with van der Waals surface area (Å²) in [6.45, 7) is 4.62. The van der Waals surface area contributed by atoms with Gasteiger partial charge in [-0.25, -0.2) is 0 Å². The van der Waals surface area contributed by atoms with Gasteiger partial charge >= 0.3 is 6.36 Å². The van der Waals surface area contributed by atoms with Gasteiger partial charge in [0.05, 0.1) is 0 Å². The van der Waals surface area contributed by atoms with Crippen molar-refractivity contribution >= 4 is 0 Å².